The van der Waals surface area contributed by atoms with E-state index in [1.807, 2.05) is 30.3 Å². The highest BCUT2D eigenvalue weighted by Crippen LogP contribution is 2.29. The van der Waals surface area contributed by atoms with Crippen molar-refractivity contribution in [2.75, 3.05) is 7.11 Å². The fraction of sp³-hybridized carbons (Fsp3) is 0.250. The zero-order chi connectivity index (χ0) is 19.3. The van der Waals surface area contributed by atoms with Gasteiger partial charge < -0.3 is 15.4 Å². The van der Waals surface area contributed by atoms with Crippen molar-refractivity contribution >= 4 is 17.8 Å². The highest BCUT2D eigenvalue weighted by molar-refractivity contribution is 6.07. The van der Waals surface area contributed by atoms with E-state index in [2.05, 4.69) is 16.0 Å². The standard InChI is InChI=1S/C20H21N3O4/c1-27-16-9-7-14(8-10-16)13-21-17(24)11-12-20(15-5-3-2-4-6-15)18(25)22-19(26)23-20/h2-10H,11-13H2,1H3,(H,21,24)(H2,22,23,25,26). The van der Waals surface area contributed by atoms with Crippen LogP contribution in [0.3, 0.4) is 0 Å². The molecule has 1 heterocycles. The molecule has 0 radical (unpaired) electrons. The first-order valence-corrected chi connectivity index (χ1v) is 8.62. The number of amides is 4. The summed E-state index contributed by atoms with van der Waals surface area (Å²) in [6, 6.07) is 15.8. The third-order valence-corrected chi connectivity index (χ3v) is 4.58. The van der Waals surface area contributed by atoms with E-state index >= 15 is 0 Å². The lowest BCUT2D eigenvalue weighted by Gasteiger charge is -2.26. The number of hydrogen-bond donors (Lipinski definition) is 3. The van der Waals surface area contributed by atoms with Crippen LogP contribution in [-0.4, -0.2) is 25.0 Å². The molecular formula is C20H21N3O4. The van der Waals surface area contributed by atoms with Gasteiger partial charge in [0.2, 0.25) is 5.91 Å². The molecule has 27 heavy (non-hydrogen) atoms. The molecule has 140 valence electrons. The molecule has 2 aromatic carbocycles. The quantitative estimate of drug-likeness (QED) is 0.651. The predicted molar refractivity (Wildman–Crippen MR) is 98.9 cm³/mol. The highest BCUT2D eigenvalue weighted by Gasteiger charge is 2.47. The van der Waals surface area contributed by atoms with Gasteiger partial charge in [-0.1, -0.05) is 42.5 Å². The smallest absolute Gasteiger partial charge is 0.322 e. The van der Waals surface area contributed by atoms with Gasteiger partial charge in [0.05, 0.1) is 7.11 Å². The minimum atomic E-state index is -1.23. The Morgan fingerprint density at radius 1 is 1.07 bits per heavy atom. The van der Waals surface area contributed by atoms with E-state index in [1.54, 1.807) is 31.4 Å². The summed E-state index contributed by atoms with van der Waals surface area (Å²) >= 11 is 0. The van der Waals surface area contributed by atoms with E-state index in [0.717, 1.165) is 11.3 Å². The molecule has 7 nitrogen and oxygen atoms in total. The molecule has 4 amide bonds. The number of imide groups is 1. The molecule has 0 aliphatic carbocycles. The minimum absolute atomic E-state index is 0.0960. The first-order valence-electron chi connectivity index (χ1n) is 8.62. The fourth-order valence-corrected chi connectivity index (χ4v) is 3.07. The molecule has 1 fully saturated rings. The average Bonchev–Trinajstić information content (AvgIpc) is 3.00. The lowest BCUT2D eigenvalue weighted by atomic mass is 9.85. The van der Waals surface area contributed by atoms with Gasteiger partial charge in [-0.15, -0.1) is 0 Å². The summed E-state index contributed by atoms with van der Waals surface area (Å²) in [4.78, 5) is 36.4. The summed E-state index contributed by atoms with van der Waals surface area (Å²) in [5.74, 6) is 0.106. The van der Waals surface area contributed by atoms with E-state index in [0.29, 0.717) is 12.1 Å². The molecule has 1 saturated heterocycles. The van der Waals surface area contributed by atoms with Crippen molar-refractivity contribution < 1.29 is 19.1 Å². The second-order valence-corrected chi connectivity index (χ2v) is 6.30. The monoisotopic (exact) mass is 367 g/mol. The number of ether oxygens (including phenoxy) is 1. The van der Waals surface area contributed by atoms with E-state index in [-0.39, 0.29) is 18.7 Å². The van der Waals surface area contributed by atoms with Crippen LogP contribution in [0.5, 0.6) is 5.75 Å². The normalized spacial score (nSPS) is 18.6. The van der Waals surface area contributed by atoms with Crippen molar-refractivity contribution in [1.29, 1.82) is 0 Å². The van der Waals surface area contributed by atoms with Crippen LogP contribution in [0, 0.1) is 0 Å². The molecule has 0 aromatic heterocycles. The molecule has 2 aromatic rings. The third kappa shape index (κ3) is 4.08. The first kappa shape index (κ1) is 18.4. The van der Waals surface area contributed by atoms with Gasteiger partial charge in [-0.3, -0.25) is 14.9 Å². The largest absolute Gasteiger partial charge is 0.497 e. The number of urea groups is 1. The highest BCUT2D eigenvalue weighted by atomic mass is 16.5. The molecule has 0 bridgehead atoms. The van der Waals surface area contributed by atoms with Crippen molar-refractivity contribution in [2.24, 2.45) is 0 Å². The number of hydrogen-bond acceptors (Lipinski definition) is 4. The Labute approximate surface area is 157 Å². The molecule has 7 heteroatoms. The van der Waals surface area contributed by atoms with Crippen molar-refractivity contribution in [3.63, 3.8) is 0 Å². The Morgan fingerprint density at radius 2 is 1.78 bits per heavy atom. The van der Waals surface area contributed by atoms with Gasteiger partial charge in [0, 0.05) is 13.0 Å². The molecule has 0 saturated carbocycles. The van der Waals surface area contributed by atoms with Crippen molar-refractivity contribution in [2.45, 2.75) is 24.9 Å². The molecule has 0 spiro atoms. The van der Waals surface area contributed by atoms with E-state index in [9.17, 15) is 14.4 Å². The molecule has 1 unspecified atom stereocenters. The molecule has 3 N–H and O–H groups in total. The number of carbonyl (C=O) groups is 3. The average molecular weight is 367 g/mol. The Morgan fingerprint density at radius 3 is 2.37 bits per heavy atom. The summed E-state index contributed by atoms with van der Waals surface area (Å²) in [6.07, 6.45) is 0.266. The van der Waals surface area contributed by atoms with Crippen LogP contribution in [0.2, 0.25) is 0 Å². The van der Waals surface area contributed by atoms with E-state index < -0.39 is 17.5 Å². The molecular weight excluding hydrogens is 346 g/mol. The maximum Gasteiger partial charge on any atom is 0.322 e. The Balaban J connectivity index is 1.62. The summed E-state index contributed by atoms with van der Waals surface area (Å²) in [5.41, 5.74) is 0.362. The van der Waals surface area contributed by atoms with Gasteiger partial charge in [-0.05, 0) is 29.7 Å². The molecule has 1 aliphatic heterocycles. The lowest BCUT2D eigenvalue weighted by molar-refractivity contribution is -0.125. The zero-order valence-corrected chi connectivity index (χ0v) is 15.0. The summed E-state index contributed by atoms with van der Waals surface area (Å²) in [7, 11) is 1.59. The van der Waals surface area contributed by atoms with Gasteiger partial charge in [0.25, 0.3) is 5.91 Å². The predicted octanol–water partition coefficient (Wildman–Crippen LogP) is 1.83. The topological polar surface area (TPSA) is 96.5 Å². The van der Waals surface area contributed by atoms with Crippen LogP contribution in [-0.2, 0) is 21.7 Å². The van der Waals surface area contributed by atoms with Crippen LogP contribution >= 0.6 is 0 Å². The summed E-state index contributed by atoms with van der Waals surface area (Å²) < 4.78 is 5.10. The van der Waals surface area contributed by atoms with Gasteiger partial charge in [0.15, 0.2) is 0 Å². The molecule has 3 rings (SSSR count). The number of nitrogens with one attached hydrogen (secondary N) is 3. The summed E-state index contributed by atoms with van der Waals surface area (Å²) in [6.45, 7) is 0.375. The van der Waals surface area contributed by atoms with Crippen LogP contribution < -0.4 is 20.7 Å². The van der Waals surface area contributed by atoms with Crippen molar-refractivity contribution in [1.82, 2.24) is 16.0 Å². The number of carbonyl (C=O) groups excluding carboxylic acids is 3. The summed E-state index contributed by atoms with van der Waals surface area (Å²) in [5, 5.41) is 7.78. The second kappa shape index (κ2) is 7.90. The van der Waals surface area contributed by atoms with E-state index in [1.165, 1.54) is 0 Å². The first-order chi connectivity index (χ1) is 13.0. The van der Waals surface area contributed by atoms with Crippen LogP contribution in [0.1, 0.15) is 24.0 Å². The van der Waals surface area contributed by atoms with Gasteiger partial charge >= 0.3 is 6.03 Å². The van der Waals surface area contributed by atoms with Crippen molar-refractivity contribution in [3.05, 3.63) is 65.7 Å². The van der Waals surface area contributed by atoms with Crippen LogP contribution in [0.4, 0.5) is 4.79 Å². The zero-order valence-electron chi connectivity index (χ0n) is 15.0. The Bertz CT molecular complexity index is 836. The van der Waals surface area contributed by atoms with Crippen LogP contribution in [0.25, 0.3) is 0 Å². The Hall–Kier alpha value is -3.35. The minimum Gasteiger partial charge on any atom is -0.497 e. The number of rotatable bonds is 7. The van der Waals surface area contributed by atoms with Gasteiger partial charge in [-0.2, -0.15) is 0 Å². The fourth-order valence-electron chi connectivity index (χ4n) is 3.07. The SMILES string of the molecule is COc1ccc(CNC(=O)CCC2(c3ccccc3)NC(=O)NC2=O)cc1. The van der Waals surface area contributed by atoms with Gasteiger partial charge in [0.1, 0.15) is 11.3 Å². The van der Waals surface area contributed by atoms with E-state index in [4.69, 9.17) is 4.74 Å². The maximum absolute atomic E-state index is 12.4. The lowest BCUT2D eigenvalue weighted by Crippen LogP contribution is -2.44. The number of methoxy groups -OCH3 is 1. The molecule has 1 aliphatic rings. The van der Waals surface area contributed by atoms with Crippen LogP contribution in [0.15, 0.2) is 54.6 Å². The molecule has 1 atom stereocenters. The van der Waals surface area contributed by atoms with Crippen molar-refractivity contribution in [3.8, 4) is 5.75 Å². The third-order valence-electron chi connectivity index (χ3n) is 4.58. The maximum atomic E-state index is 12.4. The van der Waals surface area contributed by atoms with Gasteiger partial charge in [-0.25, -0.2) is 4.79 Å². The Kier molecular flexibility index (Phi) is 5.40. The second-order valence-electron chi connectivity index (χ2n) is 6.30. The number of benzene rings is 2.